The maximum Gasteiger partial charge on any atom is 0.172 e. The molecule has 0 spiro atoms. The van der Waals surface area contributed by atoms with Crippen molar-refractivity contribution in [3.63, 3.8) is 0 Å². The van der Waals surface area contributed by atoms with Crippen molar-refractivity contribution in [2.75, 3.05) is 59.0 Å². The van der Waals surface area contributed by atoms with E-state index >= 15 is 0 Å². The molecule has 0 aromatic heterocycles. The Bertz CT molecular complexity index is 629. The van der Waals surface area contributed by atoms with Crippen LogP contribution in [-0.4, -0.2) is 85.6 Å². The van der Waals surface area contributed by atoms with Crippen molar-refractivity contribution < 1.29 is 33.8 Å². The molecule has 0 aliphatic carbocycles. The highest BCUT2D eigenvalue weighted by Gasteiger charge is 2.03. The Morgan fingerprint density at radius 2 is 1.33 bits per heavy atom. The van der Waals surface area contributed by atoms with E-state index in [9.17, 15) is 0 Å². The zero-order chi connectivity index (χ0) is 22.0. The molecule has 1 rings (SSSR count). The van der Waals surface area contributed by atoms with Gasteiger partial charge in [-0.05, 0) is 5.56 Å². The van der Waals surface area contributed by atoms with Gasteiger partial charge in [0, 0.05) is 5.56 Å². The number of aliphatic hydroxyl groups is 1. The fourth-order valence-corrected chi connectivity index (χ4v) is 2.39. The van der Waals surface area contributed by atoms with Crippen LogP contribution in [0.25, 0.3) is 0 Å². The summed E-state index contributed by atoms with van der Waals surface area (Å²) in [5, 5.41) is 16.0. The molecule has 0 saturated heterocycles. The Hall–Kier alpha value is -1.69. The van der Waals surface area contributed by atoms with Crippen molar-refractivity contribution in [1.82, 2.24) is 0 Å². The maximum atomic E-state index is 8.87. The molecular weight excluding hydrogens is 415 g/mol. The molecule has 1 aromatic carbocycles. The summed E-state index contributed by atoms with van der Waals surface area (Å²) in [5.41, 5.74) is 13.0. The zero-order valence-corrected chi connectivity index (χ0v) is 17.7. The van der Waals surface area contributed by atoms with Gasteiger partial charge in [-0.1, -0.05) is 24.3 Å². The normalized spacial score (nSPS) is 12.7. The number of ether oxygens (including phenoxy) is 4. The van der Waals surface area contributed by atoms with E-state index in [1.807, 2.05) is 12.1 Å². The van der Waals surface area contributed by atoms with Gasteiger partial charge in [0.2, 0.25) is 0 Å². The van der Waals surface area contributed by atoms with E-state index in [2.05, 4.69) is 10.2 Å². The smallest absolute Gasteiger partial charge is 0.172 e. The van der Waals surface area contributed by atoms with Crippen LogP contribution in [0.3, 0.4) is 0 Å². The van der Waals surface area contributed by atoms with E-state index in [0.717, 1.165) is 5.56 Å². The first-order chi connectivity index (χ1) is 14.5. The van der Waals surface area contributed by atoms with Gasteiger partial charge in [-0.15, -0.1) is 10.2 Å². The summed E-state index contributed by atoms with van der Waals surface area (Å²) in [7, 11) is -2.15. The predicted molar refractivity (Wildman–Crippen MR) is 114 cm³/mol. The Labute approximate surface area is 177 Å². The summed E-state index contributed by atoms with van der Waals surface area (Å²) in [6.45, 7) is 3.56. The molecule has 0 amide bonds. The monoisotopic (exact) mass is 446 g/mol. The third kappa shape index (κ3) is 13.5. The van der Waals surface area contributed by atoms with Crippen LogP contribution in [0.15, 0.2) is 34.5 Å². The number of hydrogen-bond acceptors (Lipinski definition) is 9. The van der Waals surface area contributed by atoms with Crippen LogP contribution in [0, 0.1) is 0 Å². The second-order valence-electron chi connectivity index (χ2n) is 5.92. The summed E-state index contributed by atoms with van der Waals surface area (Å²) < 4.78 is 21.3. The molecule has 0 atom stereocenters. The summed E-state index contributed by atoms with van der Waals surface area (Å²) in [6, 6.07) is 7.29. The molecule has 170 valence electrons. The Kier molecular flexibility index (Phi) is 15.0. The van der Waals surface area contributed by atoms with Crippen molar-refractivity contribution in [3.8, 4) is 0 Å². The topological polar surface area (TPSA) is 174 Å². The van der Waals surface area contributed by atoms with Crippen LogP contribution >= 0.6 is 8.38 Å². The lowest BCUT2D eigenvalue weighted by Gasteiger charge is -2.08. The summed E-state index contributed by atoms with van der Waals surface area (Å²) in [4.78, 5) is 17.7. The minimum absolute atomic E-state index is 0.0000672. The molecule has 1 aromatic rings. The van der Waals surface area contributed by atoms with Crippen LogP contribution in [0.2, 0.25) is 0 Å². The van der Waals surface area contributed by atoms with E-state index in [4.69, 9.17) is 45.3 Å². The van der Waals surface area contributed by atoms with E-state index in [1.54, 1.807) is 12.1 Å². The van der Waals surface area contributed by atoms with Crippen LogP contribution in [0.4, 0.5) is 0 Å². The minimum atomic E-state index is -2.15. The quantitative estimate of drug-likeness (QED) is 0.0696. The van der Waals surface area contributed by atoms with Crippen molar-refractivity contribution in [2.24, 2.45) is 21.7 Å². The minimum Gasteiger partial charge on any atom is -0.394 e. The van der Waals surface area contributed by atoms with Gasteiger partial charge in [-0.25, -0.2) is 0 Å². The first-order valence-electron chi connectivity index (χ1n) is 9.34. The van der Waals surface area contributed by atoms with Gasteiger partial charge in [0.1, 0.15) is 5.84 Å². The standard InChI is InChI=1S/C18H31N4O7P/c19-17(14-30(24)25)21-22-18(20)16-3-1-15(2-4-16)13-29-12-11-28-10-9-27-8-7-26-6-5-23/h1-4,23-25H,5-14H2,(H2,19,21)(H2,20,22). The average Bonchev–Trinajstić information content (AvgIpc) is 2.72. The molecule has 0 fully saturated rings. The van der Waals surface area contributed by atoms with Crippen LogP contribution < -0.4 is 11.5 Å². The highest BCUT2D eigenvalue weighted by Crippen LogP contribution is 2.21. The van der Waals surface area contributed by atoms with Gasteiger partial charge in [0.15, 0.2) is 14.2 Å². The van der Waals surface area contributed by atoms with Gasteiger partial charge in [-0.3, -0.25) is 0 Å². The van der Waals surface area contributed by atoms with E-state index in [-0.39, 0.29) is 24.4 Å². The Morgan fingerprint density at radius 1 is 0.800 bits per heavy atom. The highest BCUT2D eigenvalue weighted by molar-refractivity contribution is 7.46. The van der Waals surface area contributed by atoms with Crippen molar-refractivity contribution in [1.29, 1.82) is 0 Å². The summed E-state index contributed by atoms with van der Waals surface area (Å²) >= 11 is 0. The summed E-state index contributed by atoms with van der Waals surface area (Å²) in [5.74, 6) is 0.168. The highest BCUT2D eigenvalue weighted by atomic mass is 31.2. The largest absolute Gasteiger partial charge is 0.394 e. The molecule has 30 heavy (non-hydrogen) atoms. The lowest BCUT2D eigenvalue weighted by Crippen LogP contribution is -2.17. The zero-order valence-electron chi connectivity index (χ0n) is 16.9. The molecule has 7 N–H and O–H groups in total. The summed E-state index contributed by atoms with van der Waals surface area (Å²) in [6.07, 6.45) is -0.139. The van der Waals surface area contributed by atoms with Crippen molar-refractivity contribution in [3.05, 3.63) is 35.4 Å². The molecule has 0 saturated carbocycles. The van der Waals surface area contributed by atoms with Gasteiger partial charge in [-0.2, -0.15) is 0 Å². The predicted octanol–water partition coefficient (Wildman–Crippen LogP) is -0.481. The fraction of sp³-hybridized carbons (Fsp3) is 0.556. The Morgan fingerprint density at radius 3 is 1.87 bits per heavy atom. The lowest BCUT2D eigenvalue weighted by molar-refractivity contribution is -0.00743. The SMILES string of the molecule is N/C(CP(O)O)=N\N=C(/N)c1ccc(COCCOCCOCCOCCO)cc1. The van der Waals surface area contributed by atoms with Crippen molar-refractivity contribution >= 4 is 20.0 Å². The molecule has 0 bridgehead atoms. The molecule has 0 aliphatic heterocycles. The lowest BCUT2D eigenvalue weighted by atomic mass is 10.1. The van der Waals surface area contributed by atoms with E-state index < -0.39 is 8.38 Å². The number of benzene rings is 1. The molecule has 11 nitrogen and oxygen atoms in total. The first kappa shape index (κ1) is 26.3. The van der Waals surface area contributed by atoms with Gasteiger partial charge in [0.25, 0.3) is 0 Å². The number of nitrogens with zero attached hydrogens (tertiary/aromatic N) is 2. The average molecular weight is 446 g/mol. The third-order valence-electron chi connectivity index (χ3n) is 3.46. The van der Waals surface area contributed by atoms with Gasteiger partial charge >= 0.3 is 0 Å². The maximum absolute atomic E-state index is 8.87. The molecule has 0 unspecified atom stereocenters. The molecule has 0 heterocycles. The van der Waals surface area contributed by atoms with E-state index in [1.165, 1.54) is 0 Å². The van der Waals surface area contributed by atoms with Crippen LogP contribution in [0.5, 0.6) is 0 Å². The number of aliphatic hydroxyl groups excluding tert-OH is 1. The molecule has 0 aliphatic rings. The fourth-order valence-electron chi connectivity index (χ4n) is 2.04. The number of rotatable bonds is 17. The number of amidine groups is 2. The van der Waals surface area contributed by atoms with Gasteiger partial charge < -0.3 is 45.3 Å². The van der Waals surface area contributed by atoms with Crippen molar-refractivity contribution in [2.45, 2.75) is 6.61 Å². The second kappa shape index (κ2) is 17.0. The first-order valence-corrected chi connectivity index (χ1v) is 10.8. The van der Waals surface area contributed by atoms with E-state index in [0.29, 0.717) is 58.4 Å². The third-order valence-corrected chi connectivity index (χ3v) is 4.07. The Balaban J connectivity index is 2.15. The second-order valence-corrected chi connectivity index (χ2v) is 6.98. The number of nitrogens with two attached hydrogens (primary N) is 2. The molecule has 12 heteroatoms. The molecule has 0 radical (unpaired) electrons. The molecular formula is C18H31N4O7P. The van der Waals surface area contributed by atoms with Crippen LogP contribution in [0.1, 0.15) is 11.1 Å². The van der Waals surface area contributed by atoms with Crippen LogP contribution in [-0.2, 0) is 25.6 Å². The van der Waals surface area contributed by atoms with Gasteiger partial charge in [0.05, 0.1) is 65.6 Å². The number of hydrogen-bond donors (Lipinski definition) is 5.